The number of anilines is 1. The Labute approximate surface area is 290 Å². The van der Waals surface area contributed by atoms with Gasteiger partial charge < -0.3 is 30.9 Å². The van der Waals surface area contributed by atoms with Gasteiger partial charge in [-0.05, 0) is 94.2 Å². The van der Waals surface area contributed by atoms with Crippen molar-refractivity contribution < 1.29 is 28.7 Å². The van der Waals surface area contributed by atoms with E-state index in [1.807, 2.05) is 39.0 Å². The second kappa shape index (κ2) is 15.0. The summed E-state index contributed by atoms with van der Waals surface area (Å²) < 4.78 is 5.45. The van der Waals surface area contributed by atoms with Crippen molar-refractivity contribution in [1.29, 1.82) is 0 Å². The maximum Gasteiger partial charge on any atom is 0.410 e. The van der Waals surface area contributed by atoms with Gasteiger partial charge in [0.25, 0.3) is 5.91 Å². The van der Waals surface area contributed by atoms with Crippen molar-refractivity contribution in [3.8, 4) is 0 Å². The zero-order valence-electron chi connectivity index (χ0n) is 30.2. The highest BCUT2D eigenvalue weighted by atomic mass is 16.6. The van der Waals surface area contributed by atoms with E-state index in [2.05, 4.69) is 16.7 Å². The minimum absolute atomic E-state index is 0.104. The number of nitrogens with zero attached hydrogens (tertiary/aromatic N) is 2. The van der Waals surface area contributed by atoms with Crippen molar-refractivity contribution >= 4 is 35.3 Å². The summed E-state index contributed by atoms with van der Waals surface area (Å²) in [7, 11) is 1.50. The molecule has 5 atom stereocenters. The zero-order chi connectivity index (χ0) is 36.3. The SMILES string of the molecule is C[C@@H](C(=O)C[C@H](C(=O)N1C[C@@H](NC(=O)c2ccc(N)cc2)C[C@H]1C(=O)NC1CCCc2ccccc21)C(C)(C)C)N(C)C(=O)OC(C)(C)C. The van der Waals surface area contributed by atoms with Crippen LogP contribution in [0.2, 0.25) is 0 Å². The lowest BCUT2D eigenvalue weighted by Gasteiger charge is -2.36. The van der Waals surface area contributed by atoms with Crippen LogP contribution >= 0.6 is 0 Å². The number of nitrogen functional groups attached to an aromatic ring is 1. The molecule has 11 nitrogen and oxygen atoms in total. The minimum Gasteiger partial charge on any atom is -0.444 e. The molecule has 0 saturated carbocycles. The molecule has 4 amide bonds. The van der Waals surface area contributed by atoms with Crippen molar-refractivity contribution in [3.63, 3.8) is 0 Å². The highest BCUT2D eigenvalue weighted by molar-refractivity contribution is 5.96. The lowest BCUT2D eigenvalue weighted by Crippen LogP contribution is -2.51. The van der Waals surface area contributed by atoms with Crippen molar-refractivity contribution in [2.75, 3.05) is 19.3 Å². The summed E-state index contributed by atoms with van der Waals surface area (Å²) in [6, 6.07) is 12.2. The van der Waals surface area contributed by atoms with Crippen LogP contribution in [0.5, 0.6) is 0 Å². The van der Waals surface area contributed by atoms with Crippen molar-refractivity contribution in [1.82, 2.24) is 20.4 Å². The van der Waals surface area contributed by atoms with Gasteiger partial charge in [-0.25, -0.2) is 4.79 Å². The van der Waals surface area contributed by atoms with E-state index in [9.17, 15) is 24.0 Å². The number of rotatable bonds is 9. The molecule has 0 radical (unpaired) electrons. The van der Waals surface area contributed by atoms with Crippen molar-refractivity contribution in [3.05, 3.63) is 65.2 Å². The van der Waals surface area contributed by atoms with Crippen LogP contribution in [0, 0.1) is 11.3 Å². The molecule has 1 aliphatic carbocycles. The third kappa shape index (κ3) is 9.39. The fourth-order valence-corrected chi connectivity index (χ4v) is 6.55. The number of hydrogen-bond donors (Lipinski definition) is 3. The Morgan fingerprint density at radius 2 is 1.63 bits per heavy atom. The van der Waals surface area contributed by atoms with E-state index in [0.29, 0.717) is 11.3 Å². The monoisotopic (exact) mass is 675 g/mol. The Kier molecular flexibility index (Phi) is 11.5. The Balaban J connectivity index is 1.58. The van der Waals surface area contributed by atoms with E-state index < -0.39 is 41.2 Å². The second-order valence-corrected chi connectivity index (χ2v) is 15.5. The van der Waals surface area contributed by atoms with Crippen LogP contribution in [0.4, 0.5) is 10.5 Å². The molecule has 4 rings (SSSR count). The van der Waals surface area contributed by atoms with E-state index in [0.717, 1.165) is 24.8 Å². The van der Waals surface area contributed by atoms with Gasteiger partial charge in [0, 0.05) is 43.2 Å². The Morgan fingerprint density at radius 3 is 2.27 bits per heavy atom. The maximum atomic E-state index is 14.5. The number of nitrogens with one attached hydrogen (secondary N) is 2. The number of ether oxygens (including phenoxy) is 1. The number of likely N-dealkylation sites (N-methyl/N-ethyl adjacent to an activating group) is 1. The third-order valence-corrected chi connectivity index (χ3v) is 9.56. The van der Waals surface area contributed by atoms with Gasteiger partial charge >= 0.3 is 6.09 Å². The van der Waals surface area contributed by atoms with E-state index >= 15 is 0 Å². The molecule has 266 valence electrons. The van der Waals surface area contributed by atoms with Crippen LogP contribution in [-0.4, -0.2) is 76.7 Å². The minimum atomic E-state index is -0.861. The quantitative estimate of drug-likeness (QED) is 0.315. The van der Waals surface area contributed by atoms with Gasteiger partial charge in [-0.2, -0.15) is 0 Å². The number of nitrogens with two attached hydrogens (primary N) is 1. The molecule has 1 aliphatic heterocycles. The topological polar surface area (TPSA) is 151 Å². The van der Waals surface area contributed by atoms with Crippen molar-refractivity contribution in [2.24, 2.45) is 11.3 Å². The van der Waals surface area contributed by atoms with Crippen LogP contribution in [0.1, 0.15) is 102 Å². The number of likely N-dealkylation sites (tertiary alicyclic amines) is 1. The first kappa shape index (κ1) is 37.4. The molecule has 11 heteroatoms. The Hall–Kier alpha value is -4.41. The first-order valence-corrected chi connectivity index (χ1v) is 17.2. The number of ketones is 1. The van der Waals surface area contributed by atoms with Gasteiger partial charge in [0.2, 0.25) is 11.8 Å². The molecule has 1 heterocycles. The van der Waals surface area contributed by atoms with Crippen LogP contribution in [0.3, 0.4) is 0 Å². The number of benzene rings is 2. The highest BCUT2D eigenvalue weighted by Crippen LogP contribution is 2.35. The summed E-state index contributed by atoms with van der Waals surface area (Å²) in [6.07, 6.45) is 2.10. The lowest BCUT2D eigenvalue weighted by atomic mass is 9.76. The smallest absolute Gasteiger partial charge is 0.410 e. The first-order chi connectivity index (χ1) is 22.9. The van der Waals surface area contributed by atoms with E-state index in [-0.39, 0.29) is 48.9 Å². The van der Waals surface area contributed by atoms with Gasteiger partial charge in [-0.15, -0.1) is 0 Å². The molecular formula is C38H53N5O6. The first-order valence-electron chi connectivity index (χ1n) is 17.2. The molecule has 49 heavy (non-hydrogen) atoms. The fraction of sp³-hybridized carbons (Fsp3) is 0.553. The van der Waals surface area contributed by atoms with Crippen LogP contribution in [0.15, 0.2) is 48.5 Å². The van der Waals surface area contributed by atoms with Gasteiger partial charge in [0.15, 0.2) is 5.78 Å². The second-order valence-electron chi connectivity index (χ2n) is 15.5. The summed E-state index contributed by atoms with van der Waals surface area (Å²) in [6.45, 7) is 12.6. The molecule has 4 N–H and O–H groups in total. The molecule has 1 saturated heterocycles. The van der Waals surface area contributed by atoms with Crippen LogP contribution in [-0.2, 0) is 25.5 Å². The molecule has 2 aromatic carbocycles. The Bertz CT molecular complexity index is 1540. The van der Waals surface area contributed by atoms with Crippen LogP contribution in [0.25, 0.3) is 0 Å². The van der Waals surface area contributed by atoms with Gasteiger partial charge in [-0.3, -0.25) is 19.2 Å². The number of amides is 4. The van der Waals surface area contributed by atoms with Gasteiger partial charge in [0.05, 0.1) is 12.1 Å². The zero-order valence-corrected chi connectivity index (χ0v) is 30.2. The summed E-state index contributed by atoms with van der Waals surface area (Å²) in [5.74, 6) is -2.07. The number of carbonyl (C=O) groups is 5. The lowest BCUT2D eigenvalue weighted by molar-refractivity contribution is -0.146. The molecule has 1 fully saturated rings. The molecule has 2 aliphatic rings. The number of Topliss-reactive ketones (excluding diaryl/α,β-unsaturated/α-hetero) is 1. The van der Waals surface area contributed by atoms with Crippen molar-refractivity contribution in [2.45, 2.75) is 110 Å². The largest absolute Gasteiger partial charge is 0.444 e. The van der Waals surface area contributed by atoms with Crippen LogP contribution < -0.4 is 16.4 Å². The normalized spacial score (nSPS) is 20.4. The predicted octanol–water partition coefficient (Wildman–Crippen LogP) is 5.04. The summed E-state index contributed by atoms with van der Waals surface area (Å²) in [5.41, 5.74) is 7.63. The fourth-order valence-electron chi connectivity index (χ4n) is 6.55. The maximum absolute atomic E-state index is 14.5. The standard InChI is InChI=1S/C38H53N5O6/c1-23(42(8)36(48)49-38(5,6)7)32(44)21-29(37(2,3)4)35(47)43-22-27(40-33(45)25-16-18-26(39)19-17-25)20-31(43)34(46)41-30-15-11-13-24-12-9-10-14-28(24)30/h9-10,12,14,16-19,23,27,29-31H,11,13,15,20-22,39H2,1-8H3,(H,40,45)(H,41,46)/t23-,27-,29+,30?,31-/m0/s1. The molecular weight excluding hydrogens is 622 g/mol. The molecule has 2 aromatic rings. The number of hydrogen-bond acceptors (Lipinski definition) is 7. The van der Waals surface area contributed by atoms with Gasteiger partial charge in [-0.1, -0.05) is 45.0 Å². The van der Waals surface area contributed by atoms with E-state index in [4.69, 9.17) is 10.5 Å². The molecule has 1 unspecified atom stereocenters. The van der Waals surface area contributed by atoms with Gasteiger partial charge in [0.1, 0.15) is 11.6 Å². The third-order valence-electron chi connectivity index (χ3n) is 9.56. The average molecular weight is 676 g/mol. The summed E-state index contributed by atoms with van der Waals surface area (Å²) >= 11 is 0. The highest BCUT2D eigenvalue weighted by Gasteiger charge is 2.46. The Morgan fingerprint density at radius 1 is 0.980 bits per heavy atom. The van der Waals surface area contributed by atoms with E-state index in [1.54, 1.807) is 52.0 Å². The number of aryl methyl sites for hydroxylation is 1. The molecule has 0 aromatic heterocycles. The molecule has 0 spiro atoms. The predicted molar refractivity (Wildman–Crippen MR) is 189 cm³/mol. The number of fused-ring (bicyclic) bond motifs is 1. The number of carbonyl (C=O) groups excluding carboxylic acids is 5. The summed E-state index contributed by atoms with van der Waals surface area (Å²) in [5, 5.41) is 6.22. The molecule has 0 bridgehead atoms. The summed E-state index contributed by atoms with van der Waals surface area (Å²) in [4.78, 5) is 71.0. The van der Waals surface area contributed by atoms with E-state index in [1.165, 1.54) is 22.4 Å². The average Bonchev–Trinajstić information content (AvgIpc) is 3.45.